The van der Waals surface area contributed by atoms with Gasteiger partial charge in [0.05, 0.1) is 0 Å². The van der Waals surface area contributed by atoms with Gasteiger partial charge in [-0.2, -0.15) is 0 Å². The average Bonchev–Trinajstić information content (AvgIpc) is 2.09. The molecule has 0 radical (unpaired) electrons. The predicted molar refractivity (Wildman–Crippen MR) is 62.0 cm³/mol. The molecule has 0 saturated carbocycles. The lowest BCUT2D eigenvalue weighted by Crippen LogP contribution is -1.84. The molecule has 13 heavy (non-hydrogen) atoms. The number of hydrogen-bond donors (Lipinski definition) is 0. The van der Waals surface area contributed by atoms with Gasteiger partial charge in [0.15, 0.2) is 0 Å². The molecular formula is C13H26. The minimum atomic E-state index is 0.869. The second-order valence-electron chi connectivity index (χ2n) is 4.29. The van der Waals surface area contributed by atoms with Crippen LogP contribution < -0.4 is 0 Å². The van der Waals surface area contributed by atoms with Crippen molar-refractivity contribution in [3.63, 3.8) is 0 Å². The smallest absolute Gasteiger partial charge is 0.0351 e. The van der Waals surface area contributed by atoms with Gasteiger partial charge in [-0.25, -0.2) is 0 Å². The van der Waals surface area contributed by atoms with Crippen LogP contribution in [0.4, 0.5) is 0 Å². The highest BCUT2D eigenvalue weighted by Crippen LogP contribution is 2.07. The van der Waals surface area contributed by atoms with E-state index in [1.54, 1.807) is 0 Å². The van der Waals surface area contributed by atoms with Gasteiger partial charge in [0.2, 0.25) is 0 Å². The topological polar surface area (TPSA) is 0 Å². The number of unbranched alkanes of at least 4 members (excludes halogenated alkanes) is 4. The maximum absolute atomic E-state index is 2.36. The Bertz CT molecular complexity index is 111. The first-order chi connectivity index (χ1) is 6.27. The van der Waals surface area contributed by atoms with Gasteiger partial charge in [-0.15, -0.1) is 0 Å². The third kappa shape index (κ3) is 11.7. The molecule has 0 N–H and O–H groups in total. The molecular weight excluding hydrogens is 156 g/mol. The third-order valence-corrected chi connectivity index (χ3v) is 2.29. The Morgan fingerprint density at radius 3 is 2.08 bits per heavy atom. The van der Waals surface area contributed by atoms with E-state index < -0.39 is 0 Å². The normalized spacial score (nSPS) is 11.7. The molecule has 0 aliphatic heterocycles. The molecule has 0 aliphatic rings. The molecule has 0 heterocycles. The van der Waals surface area contributed by atoms with Gasteiger partial charge in [-0.3, -0.25) is 0 Å². The Morgan fingerprint density at radius 2 is 1.54 bits per heavy atom. The molecule has 0 fully saturated rings. The van der Waals surface area contributed by atoms with Gasteiger partial charge in [0.25, 0.3) is 0 Å². The van der Waals surface area contributed by atoms with Crippen LogP contribution in [-0.4, -0.2) is 0 Å². The molecule has 0 aromatic heterocycles. The Labute approximate surface area is 84.4 Å². The first-order valence-electron chi connectivity index (χ1n) is 5.92. The van der Waals surface area contributed by atoms with E-state index in [4.69, 9.17) is 0 Å². The molecule has 0 heteroatoms. The summed E-state index contributed by atoms with van der Waals surface area (Å²) in [6, 6.07) is 0. The van der Waals surface area contributed by atoms with Gasteiger partial charge in [-0.05, 0) is 31.6 Å². The van der Waals surface area contributed by atoms with Gasteiger partial charge in [0.1, 0.15) is 0 Å². The van der Waals surface area contributed by atoms with Crippen molar-refractivity contribution < 1.29 is 0 Å². The van der Waals surface area contributed by atoms with Crippen LogP contribution in [0.2, 0.25) is 0 Å². The van der Waals surface area contributed by atoms with Crippen LogP contribution in [0.3, 0.4) is 0 Å². The van der Waals surface area contributed by atoms with E-state index in [0.29, 0.717) is 0 Å². The van der Waals surface area contributed by atoms with Crippen LogP contribution in [0.5, 0.6) is 0 Å². The quantitative estimate of drug-likeness (QED) is 0.368. The summed E-state index contributed by atoms with van der Waals surface area (Å²) < 4.78 is 0. The van der Waals surface area contributed by atoms with Crippen LogP contribution in [0.1, 0.15) is 65.7 Å². The molecule has 0 saturated heterocycles. The van der Waals surface area contributed by atoms with Crippen molar-refractivity contribution in [1.29, 1.82) is 0 Å². The van der Waals surface area contributed by atoms with Crippen LogP contribution in [0.25, 0.3) is 0 Å². The van der Waals surface area contributed by atoms with Gasteiger partial charge in [-0.1, -0.05) is 52.2 Å². The van der Waals surface area contributed by atoms with E-state index in [0.717, 1.165) is 5.92 Å². The van der Waals surface area contributed by atoms with Gasteiger partial charge >= 0.3 is 0 Å². The zero-order valence-corrected chi connectivity index (χ0v) is 9.68. The summed E-state index contributed by atoms with van der Waals surface area (Å²) in [6.45, 7) is 6.85. The molecule has 0 spiro atoms. The number of hydrogen-bond acceptors (Lipinski definition) is 0. The largest absolute Gasteiger partial charge is 0.0885 e. The lowest BCUT2D eigenvalue weighted by molar-refractivity contribution is 0.559. The molecule has 78 valence electrons. The lowest BCUT2D eigenvalue weighted by Gasteiger charge is -2.00. The van der Waals surface area contributed by atoms with E-state index in [2.05, 4.69) is 32.9 Å². The summed E-state index contributed by atoms with van der Waals surface area (Å²) in [6.07, 6.45) is 14.1. The second kappa shape index (κ2) is 9.83. The predicted octanol–water partition coefficient (Wildman–Crippen LogP) is 4.95. The van der Waals surface area contributed by atoms with Crippen LogP contribution in [0.15, 0.2) is 12.2 Å². The fourth-order valence-electron chi connectivity index (χ4n) is 1.39. The first kappa shape index (κ1) is 12.7. The number of allylic oxidation sites excluding steroid dienone is 2. The Hall–Kier alpha value is -0.260. The van der Waals surface area contributed by atoms with Gasteiger partial charge < -0.3 is 0 Å². The van der Waals surface area contributed by atoms with E-state index >= 15 is 0 Å². The van der Waals surface area contributed by atoms with Crippen LogP contribution in [0, 0.1) is 5.92 Å². The summed E-state index contributed by atoms with van der Waals surface area (Å²) in [5, 5.41) is 0. The maximum atomic E-state index is 2.36. The fraction of sp³-hybridized carbons (Fsp3) is 0.846. The minimum Gasteiger partial charge on any atom is -0.0885 e. The lowest BCUT2D eigenvalue weighted by atomic mass is 10.1. The molecule has 0 amide bonds. The monoisotopic (exact) mass is 182 g/mol. The Morgan fingerprint density at radius 1 is 0.923 bits per heavy atom. The summed E-state index contributed by atoms with van der Waals surface area (Å²) in [5.74, 6) is 0.869. The van der Waals surface area contributed by atoms with E-state index in [9.17, 15) is 0 Å². The zero-order valence-electron chi connectivity index (χ0n) is 9.68. The van der Waals surface area contributed by atoms with Gasteiger partial charge in [0, 0.05) is 0 Å². The van der Waals surface area contributed by atoms with Crippen molar-refractivity contribution in [2.24, 2.45) is 5.92 Å². The van der Waals surface area contributed by atoms with Crippen molar-refractivity contribution in [1.82, 2.24) is 0 Å². The van der Waals surface area contributed by atoms with Crippen molar-refractivity contribution >= 4 is 0 Å². The number of rotatable bonds is 8. The van der Waals surface area contributed by atoms with E-state index in [1.165, 1.54) is 44.9 Å². The Balaban J connectivity index is 3.03. The molecule has 0 rings (SSSR count). The second-order valence-corrected chi connectivity index (χ2v) is 4.29. The third-order valence-electron chi connectivity index (χ3n) is 2.29. The van der Waals surface area contributed by atoms with E-state index in [1.807, 2.05) is 0 Å². The highest BCUT2D eigenvalue weighted by atomic mass is 14.0. The minimum absolute atomic E-state index is 0.869. The van der Waals surface area contributed by atoms with Crippen molar-refractivity contribution in [2.45, 2.75) is 65.7 Å². The highest BCUT2D eigenvalue weighted by molar-refractivity contribution is 4.81. The summed E-state index contributed by atoms with van der Waals surface area (Å²) in [4.78, 5) is 0. The zero-order chi connectivity index (χ0) is 9.94. The first-order valence-corrected chi connectivity index (χ1v) is 5.92. The molecule has 0 aromatic carbocycles. The average molecular weight is 182 g/mol. The molecule has 0 unspecified atom stereocenters. The molecule has 0 nitrogen and oxygen atoms in total. The fourth-order valence-corrected chi connectivity index (χ4v) is 1.39. The van der Waals surface area contributed by atoms with Crippen LogP contribution >= 0.6 is 0 Å². The molecule has 0 aliphatic carbocycles. The maximum Gasteiger partial charge on any atom is -0.0351 e. The van der Waals surface area contributed by atoms with Crippen molar-refractivity contribution in [3.8, 4) is 0 Å². The summed E-state index contributed by atoms with van der Waals surface area (Å²) in [7, 11) is 0. The van der Waals surface area contributed by atoms with Crippen molar-refractivity contribution in [3.05, 3.63) is 12.2 Å². The van der Waals surface area contributed by atoms with E-state index in [-0.39, 0.29) is 0 Å². The summed E-state index contributed by atoms with van der Waals surface area (Å²) in [5.41, 5.74) is 0. The molecule has 0 atom stereocenters. The standard InChI is InChI=1S/C13H26/c1-4-5-6-7-8-9-10-11-12-13(2)3/h8-9,13H,4-7,10-12H2,1-3H3/b9-8-. The molecule has 0 aromatic rings. The molecule has 0 bridgehead atoms. The van der Waals surface area contributed by atoms with Crippen LogP contribution in [-0.2, 0) is 0 Å². The SMILES string of the molecule is CCCCC/C=C\CCCC(C)C. The Kier molecular flexibility index (Phi) is 9.63. The highest BCUT2D eigenvalue weighted by Gasteiger charge is 1.90. The van der Waals surface area contributed by atoms with Crippen molar-refractivity contribution in [2.75, 3.05) is 0 Å². The summed E-state index contributed by atoms with van der Waals surface area (Å²) >= 11 is 0.